The lowest BCUT2D eigenvalue weighted by molar-refractivity contribution is 0.254. The third-order valence-electron chi connectivity index (χ3n) is 2.47. The van der Waals surface area contributed by atoms with Gasteiger partial charge in [-0.1, -0.05) is 6.92 Å². The number of hydrogen-bond acceptors (Lipinski definition) is 4. The summed E-state index contributed by atoms with van der Waals surface area (Å²) in [6, 6.07) is 2.78. The van der Waals surface area contributed by atoms with Crippen LogP contribution in [0.5, 0.6) is 5.75 Å². The van der Waals surface area contributed by atoms with Crippen molar-refractivity contribution in [2.24, 2.45) is 0 Å². The van der Waals surface area contributed by atoms with Crippen LogP contribution in [-0.2, 0) is 10.0 Å². The van der Waals surface area contributed by atoms with E-state index in [0.29, 0.717) is 6.42 Å². The van der Waals surface area contributed by atoms with E-state index >= 15 is 0 Å². The van der Waals surface area contributed by atoms with Gasteiger partial charge in [-0.3, -0.25) is 0 Å². The third kappa shape index (κ3) is 3.41. The van der Waals surface area contributed by atoms with Crippen molar-refractivity contribution in [3.8, 4) is 5.75 Å². The number of aliphatic hydroxyl groups is 1. The molecule has 0 fully saturated rings. The van der Waals surface area contributed by atoms with E-state index in [1.807, 2.05) is 0 Å². The Labute approximate surface area is 106 Å². The SMILES string of the molecule is CC[C@@H](CO)NS(=O)(=O)c1ccc(OC)c(F)c1. The smallest absolute Gasteiger partial charge is 0.241 e. The summed E-state index contributed by atoms with van der Waals surface area (Å²) in [6.07, 6.45) is 0.439. The summed E-state index contributed by atoms with van der Waals surface area (Å²) in [7, 11) is -2.54. The molecule has 0 bridgehead atoms. The highest BCUT2D eigenvalue weighted by atomic mass is 32.2. The lowest BCUT2D eigenvalue weighted by Crippen LogP contribution is -2.36. The van der Waals surface area contributed by atoms with Crippen LogP contribution in [0.4, 0.5) is 4.39 Å². The van der Waals surface area contributed by atoms with E-state index in [4.69, 9.17) is 9.84 Å². The summed E-state index contributed by atoms with van der Waals surface area (Å²) >= 11 is 0. The van der Waals surface area contributed by atoms with Crippen LogP contribution in [0.3, 0.4) is 0 Å². The zero-order chi connectivity index (χ0) is 13.8. The number of rotatable bonds is 6. The minimum atomic E-state index is -3.84. The maximum atomic E-state index is 13.4. The lowest BCUT2D eigenvalue weighted by Gasteiger charge is -2.14. The molecule has 5 nitrogen and oxygen atoms in total. The van der Waals surface area contributed by atoms with Crippen molar-refractivity contribution < 1.29 is 22.7 Å². The molecule has 0 unspecified atom stereocenters. The van der Waals surface area contributed by atoms with E-state index in [1.54, 1.807) is 6.92 Å². The first kappa shape index (κ1) is 14.9. The van der Waals surface area contributed by atoms with Crippen LogP contribution in [0.2, 0.25) is 0 Å². The number of halogens is 1. The monoisotopic (exact) mass is 277 g/mol. The zero-order valence-corrected chi connectivity index (χ0v) is 11.0. The number of ether oxygens (including phenoxy) is 1. The Hall–Kier alpha value is -1.18. The van der Waals surface area contributed by atoms with Crippen LogP contribution in [-0.4, -0.2) is 33.3 Å². The minimum Gasteiger partial charge on any atom is -0.494 e. The fraction of sp³-hybridized carbons (Fsp3) is 0.455. The van der Waals surface area contributed by atoms with Gasteiger partial charge in [0.2, 0.25) is 10.0 Å². The molecule has 0 aliphatic carbocycles. The number of benzene rings is 1. The predicted molar refractivity (Wildman–Crippen MR) is 64.4 cm³/mol. The molecule has 0 saturated heterocycles. The van der Waals surface area contributed by atoms with E-state index in [1.165, 1.54) is 19.2 Å². The highest BCUT2D eigenvalue weighted by Gasteiger charge is 2.20. The van der Waals surface area contributed by atoms with E-state index in [2.05, 4.69) is 4.72 Å². The highest BCUT2D eigenvalue weighted by molar-refractivity contribution is 7.89. The first-order valence-electron chi connectivity index (χ1n) is 5.41. The second kappa shape index (κ2) is 6.12. The van der Waals surface area contributed by atoms with Crippen molar-refractivity contribution in [3.63, 3.8) is 0 Å². The molecule has 1 aromatic carbocycles. The van der Waals surface area contributed by atoms with Gasteiger partial charge in [-0.25, -0.2) is 17.5 Å². The summed E-state index contributed by atoms with van der Waals surface area (Å²) in [4.78, 5) is -0.201. The van der Waals surface area contributed by atoms with Gasteiger partial charge in [0, 0.05) is 6.04 Å². The molecule has 0 aromatic heterocycles. The highest BCUT2D eigenvalue weighted by Crippen LogP contribution is 2.20. The largest absolute Gasteiger partial charge is 0.494 e. The number of methoxy groups -OCH3 is 1. The second-order valence-corrected chi connectivity index (χ2v) is 5.42. The molecule has 102 valence electrons. The molecular weight excluding hydrogens is 261 g/mol. The molecule has 0 saturated carbocycles. The summed E-state index contributed by atoms with van der Waals surface area (Å²) in [5.74, 6) is -0.777. The molecule has 1 aromatic rings. The zero-order valence-electron chi connectivity index (χ0n) is 10.2. The van der Waals surface area contributed by atoms with Gasteiger partial charge in [-0.2, -0.15) is 0 Å². The van der Waals surface area contributed by atoms with Gasteiger partial charge in [-0.15, -0.1) is 0 Å². The average Bonchev–Trinajstić information content (AvgIpc) is 2.35. The predicted octanol–water partition coefficient (Wildman–Crippen LogP) is 0.883. The van der Waals surface area contributed by atoms with Gasteiger partial charge in [-0.05, 0) is 24.6 Å². The van der Waals surface area contributed by atoms with Crippen molar-refractivity contribution in [2.45, 2.75) is 24.3 Å². The van der Waals surface area contributed by atoms with Gasteiger partial charge >= 0.3 is 0 Å². The Bertz CT molecular complexity index is 500. The van der Waals surface area contributed by atoms with Crippen molar-refractivity contribution in [1.82, 2.24) is 4.72 Å². The van der Waals surface area contributed by atoms with Gasteiger partial charge in [0.05, 0.1) is 18.6 Å². The average molecular weight is 277 g/mol. The van der Waals surface area contributed by atoms with Gasteiger partial charge in [0.15, 0.2) is 11.6 Å². The quantitative estimate of drug-likeness (QED) is 0.809. The maximum Gasteiger partial charge on any atom is 0.241 e. The van der Waals surface area contributed by atoms with Gasteiger partial charge < -0.3 is 9.84 Å². The van der Waals surface area contributed by atoms with E-state index in [9.17, 15) is 12.8 Å². The topological polar surface area (TPSA) is 75.6 Å². The first-order chi connectivity index (χ1) is 8.44. The van der Waals surface area contributed by atoms with Crippen LogP contribution >= 0.6 is 0 Å². The summed E-state index contributed by atoms with van der Waals surface area (Å²) < 4.78 is 44.2. The Kier molecular flexibility index (Phi) is 5.06. The van der Waals surface area contributed by atoms with Crippen molar-refractivity contribution in [3.05, 3.63) is 24.0 Å². The fourth-order valence-corrected chi connectivity index (χ4v) is 2.67. The van der Waals surface area contributed by atoms with Crippen molar-refractivity contribution in [2.75, 3.05) is 13.7 Å². The summed E-state index contributed by atoms with van der Waals surface area (Å²) in [6.45, 7) is 1.42. The molecule has 0 aliphatic rings. The Morgan fingerprint density at radius 3 is 2.61 bits per heavy atom. The minimum absolute atomic E-state index is 0.0249. The first-order valence-corrected chi connectivity index (χ1v) is 6.89. The molecule has 0 heterocycles. The number of aliphatic hydroxyl groups excluding tert-OH is 1. The molecular formula is C11H16FNO4S. The van der Waals surface area contributed by atoms with E-state index < -0.39 is 21.9 Å². The molecule has 2 N–H and O–H groups in total. The van der Waals surface area contributed by atoms with Crippen LogP contribution in [0.25, 0.3) is 0 Å². The van der Waals surface area contributed by atoms with Crippen LogP contribution in [0.1, 0.15) is 13.3 Å². The number of sulfonamides is 1. The lowest BCUT2D eigenvalue weighted by atomic mass is 10.3. The molecule has 1 rings (SSSR count). The fourth-order valence-electron chi connectivity index (χ4n) is 1.35. The molecule has 0 spiro atoms. The maximum absolute atomic E-state index is 13.4. The molecule has 7 heteroatoms. The van der Waals surface area contributed by atoms with Gasteiger partial charge in [0.1, 0.15) is 0 Å². The van der Waals surface area contributed by atoms with E-state index in [-0.39, 0.29) is 17.3 Å². The van der Waals surface area contributed by atoms with Crippen LogP contribution in [0, 0.1) is 5.82 Å². The second-order valence-electron chi connectivity index (χ2n) is 3.71. The molecule has 0 amide bonds. The molecule has 18 heavy (non-hydrogen) atoms. The van der Waals surface area contributed by atoms with E-state index in [0.717, 1.165) is 6.07 Å². The Morgan fingerprint density at radius 1 is 1.50 bits per heavy atom. The molecule has 1 atom stereocenters. The summed E-state index contributed by atoms with van der Waals surface area (Å²) in [5.41, 5.74) is 0. The standard InChI is InChI=1S/C11H16FNO4S/c1-3-8(7-14)13-18(15,16)9-4-5-11(17-2)10(12)6-9/h4-6,8,13-14H,3,7H2,1-2H3/t8-/m0/s1. The van der Waals surface area contributed by atoms with Crippen LogP contribution in [0.15, 0.2) is 23.1 Å². The Balaban J connectivity index is 3.02. The van der Waals surface area contributed by atoms with Crippen LogP contribution < -0.4 is 9.46 Å². The summed E-state index contributed by atoms with van der Waals surface area (Å²) in [5, 5.41) is 8.95. The normalized spacial score (nSPS) is 13.3. The molecule has 0 radical (unpaired) electrons. The van der Waals surface area contributed by atoms with Gasteiger partial charge in [0.25, 0.3) is 0 Å². The Morgan fingerprint density at radius 2 is 2.17 bits per heavy atom. The molecule has 0 aliphatic heterocycles. The number of hydrogen-bond donors (Lipinski definition) is 2. The third-order valence-corrected chi connectivity index (χ3v) is 3.99. The number of nitrogens with one attached hydrogen (secondary N) is 1. The van der Waals surface area contributed by atoms with Crippen molar-refractivity contribution >= 4 is 10.0 Å². The van der Waals surface area contributed by atoms with Crippen molar-refractivity contribution in [1.29, 1.82) is 0 Å².